The van der Waals surface area contributed by atoms with Gasteiger partial charge in [-0.15, -0.1) is 0 Å². The zero-order valence-corrected chi connectivity index (χ0v) is 15.9. The van der Waals surface area contributed by atoms with E-state index in [9.17, 15) is 9.59 Å². The predicted octanol–water partition coefficient (Wildman–Crippen LogP) is 3.12. The van der Waals surface area contributed by atoms with E-state index in [4.69, 9.17) is 16.4 Å². The van der Waals surface area contributed by atoms with Crippen molar-refractivity contribution in [1.82, 2.24) is 9.88 Å². The highest BCUT2D eigenvalue weighted by Gasteiger charge is 2.45. The Morgan fingerprint density at radius 1 is 1.25 bits per heavy atom. The van der Waals surface area contributed by atoms with Gasteiger partial charge in [-0.05, 0) is 43.2 Å². The third-order valence-electron chi connectivity index (χ3n) is 4.92. The zero-order valence-electron chi connectivity index (χ0n) is 15.1. The van der Waals surface area contributed by atoms with Crippen LogP contribution in [0.25, 0.3) is 0 Å². The minimum absolute atomic E-state index is 0.0987. The summed E-state index contributed by atoms with van der Waals surface area (Å²) in [6.07, 6.45) is 5.07. The Labute approximate surface area is 167 Å². The molecule has 8 heteroatoms. The lowest BCUT2D eigenvalue weighted by atomic mass is 9.87. The number of amides is 2. The lowest BCUT2D eigenvalue weighted by Gasteiger charge is -2.38. The number of halogens is 1. The van der Waals surface area contributed by atoms with Crippen LogP contribution in [-0.2, 0) is 9.63 Å². The van der Waals surface area contributed by atoms with Gasteiger partial charge in [-0.25, -0.2) is 0 Å². The van der Waals surface area contributed by atoms with Gasteiger partial charge in [0, 0.05) is 29.7 Å². The molecule has 0 bridgehead atoms. The molecule has 4 rings (SSSR count). The lowest BCUT2D eigenvalue weighted by molar-refractivity contribution is -0.110. The molecule has 28 heavy (non-hydrogen) atoms. The molecule has 1 spiro atoms. The smallest absolute Gasteiger partial charge is 0.273 e. The molecule has 144 valence electrons. The van der Waals surface area contributed by atoms with Crippen molar-refractivity contribution in [1.29, 1.82) is 0 Å². The fourth-order valence-corrected chi connectivity index (χ4v) is 3.77. The second-order valence-corrected chi connectivity index (χ2v) is 7.46. The average molecular weight is 399 g/mol. The van der Waals surface area contributed by atoms with Crippen LogP contribution in [0.5, 0.6) is 0 Å². The molecular formula is C20H19ClN4O3. The number of hydrogen-bond donors (Lipinski definition) is 1. The second-order valence-electron chi connectivity index (χ2n) is 7.03. The van der Waals surface area contributed by atoms with Crippen LogP contribution in [-0.4, -0.2) is 46.1 Å². The van der Waals surface area contributed by atoms with Gasteiger partial charge in [-0.3, -0.25) is 14.6 Å². The van der Waals surface area contributed by atoms with Crippen LogP contribution < -0.4 is 5.32 Å². The number of carbonyl (C=O) groups excluding carboxylic acids is 2. The third kappa shape index (κ3) is 3.84. The van der Waals surface area contributed by atoms with Crippen LogP contribution in [0.4, 0.5) is 5.69 Å². The van der Waals surface area contributed by atoms with Crippen LogP contribution in [0.1, 0.15) is 29.6 Å². The van der Waals surface area contributed by atoms with E-state index in [0.717, 1.165) is 12.8 Å². The maximum absolute atomic E-state index is 12.8. The molecule has 0 unspecified atom stereocenters. The van der Waals surface area contributed by atoms with E-state index in [0.29, 0.717) is 41.5 Å². The normalized spacial score (nSPS) is 21.2. The van der Waals surface area contributed by atoms with Crippen LogP contribution in [0.3, 0.4) is 0 Å². The number of benzene rings is 1. The predicted molar refractivity (Wildman–Crippen MR) is 105 cm³/mol. The third-order valence-corrected chi connectivity index (χ3v) is 5.15. The van der Waals surface area contributed by atoms with Crippen LogP contribution in [0.15, 0.2) is 53.9 Å². The van der Waals surface area contributed by atoms with Gasteiger partial charge in [0.15, 0.2) is 5.60 Å². The van der Waals surface area contributed by atoms with Gasteiger partial charge in [-0.2, -0.15) is 0 Å². The van der Waals surface area contributed by atoms with Crippen molar-refractivity contribution in [3.63, 3.8) is 0 Å². The van der Waals surface area contributed by atoms with E-state index < -0.39 is 5.60 Å². The number of nitrogens with zero attached hydrogens (tertiary/aromatic N) is 3. The van der Waals surface area contributed by atoms with E-state index >= 15 is 0 Å². The molecule has 0 radical (unpaired) electrons. The highest BCUT2D eigenvalue weighted by atomic mass is 35.5. The molecule has 1 aromatic carbocycles. The summed E-state index contributed by atoms with van der Waals surface area (Å²) in [4.78, 5) is 36.7. The fourth-order valence-electron chi connectivity index (χ4n) is 3.58. The van der Waals surface area contributed by atoms with Gasteiger partial charge in [0.1, 0.15) is 5.71 Å². The molecule has 1 saturated heterocycles. The van der Waals surface area contributed by atoms with Crippen LogP contribution in [0, 0.1) is 0 Å². The number of likely N-dealkylation sites (tertiary alicyclic amines) is 1. The Bertz CT molecular complexity index is 934. The van der Waals surface area contributed by atoms with Gasteiger partial charge in [0.2, 0.25) is 0 Å². The number of rotatable bonds is 3. The Morgan fingerprint density at radius 3 is 2.93 bits per heavy atom. The van der Waals surface area contributed by atoms with Crippen molar-refractivity contribution < 1.29 is 14.4 Å². The molecule has 3 heterocycles. The summed E-state index contributed by atoms with van der Waals surface area (Å²) < 4.78 is 0. The Hall–Kier alpha value is -2.93. The summed E-state index contributed by atoms with van der Waals surface area (Å²) in [5.74, 6) is -0.415. The van der Waals surface area contributed by atoms with E-state index in [2.05, 4.69) is 15.5 Å². The van der Waals surface area contributed by atoms with E-state index in [-0.39, 0.29) is 11.8 Å². The number of anilines is 1. The number of oxime groups is 1. The summed E-state index contributed by atoms with van der Waals surface area (Å²) in [6, 6.07) is 10.4. The molecule has 2 aliphatic heterocycles. The lowest BCUT2D eigenvalue weighted by Crippen LogP contribution is -2.50. The van der Waals surface area contributed by atoms with Gasteiger partial charge in [-0.1, -0.05) is 22.8 Å². The first-order valence-corrected chi connectivity index (χ1v) is 9.44. The number of pyridine rings is 1. The van der Waals surface area contributed by atoms with Gasteiger partial charge < -0.3 is 15.1 Å². The molecule has 2 amide bonds. The Morgan fingerprint density at radius 2 is 2.14 bits per heavy atom. The first-order chi connectivity index (χ1) is 13.5. The van der Waals surface area contributed by atoms with Crippen LogP contribution >= 0.6 is 11.6 Å². The van der Waals surface area contributed by atoms with Gasteiger partial charge in [0.25, 0.3) is 11.8 Å². The molecule has 2 aromatic rings. The van der Waals surface area contributed by atoms with Crippen molar-refractivity contribution in [2.75, 3.05) is 18.4 Å². The standard InChI is InChI=1S/C20H19ClN4O3/c21-15-5-1-4-14(10-15)19(27)25-9-3-7-20(13-25)11-17(24-28-20)18(26)23-16-6-2-8-22-12-16/h1-2,4-6,8,10,12H,3,7,9,11,13H2,(H,23,26)/t20-/m1/s1. The highest BCUT2D eigenvalue weighted by molar-refractivity contribution is 6.43. The van der Waals surface area contributed by atoms with E-state index in [1.807, 2.05) is 0 Å². The van der Waals surface area contributed by atoms with Crippen molar-refractivity contribution in [3.05, 3.63) is 59.4 Å². The molecule has 2 aliphatic rings. The molecule has 1 fully saturated rings. The Balaban J connectivity index is 1.42. The molecular weight excluding hydrogens is 380 g/mol. The summed E-state index contributed by atoms with van der Waals surface area (Å²) >= 11 is 6.01. The summed E-state index contributed by atoms with van der Waals surface area (Å²) in [5.41, 5.74) is 0.796. The van der Waals surface area contributed by atoms with Crippen molar-refractivity contribution >= 4 is 34.8 Å². The largest absolute Gasteiger partial charge is 0.386 e. The minimum Gasteiger partial charge on any atom is -0.386 e. The number of piperidine rings is 1. The first kappa shape index (κ1) is 18.4. The van der Waals surface area contributed by atoms with Crippen molar-refractivity contribution in [2.24, 2.45) is 5.16 Å². The topological polar surface area (TPSA) is 83.9 Å². The number of hydrogen-bond acceptors (Lipinski definition) is 5. The van der Waals surface area contributed by atoms with Crippen molar-refractivity contribution in [2.45, 2.75) is 24.9 Å². The molecule has 0 aliphatic carbocycles. The molecule has 7 nitrogen and oxygen atoms in total. The number of carbonyl (C=O) groups is 2. The monoisotopic (exact) mass is 398 g/mol. The fraction of sp³-hybridized carbons (Fsp3) is 0.300. The van der Waals surface area contributed by atoms with Gasteiger partial charge >= 0.3 is 0 Å². The number of nitrogens with one attached hydrogen (secondary N) is 1. The average Bonchev–Trinajstić information content (AvgIpc) is 3.11. The SMILES string of the molecule is O=C(Nc1cccnc1)C1=NO[C@]2(CCCN(C(=O)c3cccc(Cl)c3)C2)C1. The quantitative estimate of drug-likeness (QED) is 0.860. The maximum atomic E-state index is 12.8. The molecule has 0 saturated carbocycles. The summed E-state index contributed by atoms with van der Waals surface area (Å²) in [5, 5.41) is 7.30. The number of aromatic nitrogens is 1. The maximum Gasteiger partial charge on any atom is 0.273 e. The van der Waals surface area contributed by atoms with Gasteiger partial charge in [0.05, 0.1) is 18.4 Å². The van der Waals surface area contributed by atoms with Crippen LogP contribution in [0.2, 0.25) is 5.02 Å². The molecule has 1 aromatic heterocycles. The Kier molecular flexibility index (Phi) is 5.00. The first-order valence-electron chi connectivity index (χ1n) is 9.06. The van der Waals surface area contributed by atoms with Crippen molar-refractivity contribution in [3.8, 4) is 0 Å². The minimum atomic E-state index is -0.659. The summed E-state index contributed by atoms with van der Waals surface area (Å²) in [7, 11) is 0. The molecule has 1 N–H and O–H groups in total. The second kappa shape index (κ2) is 7.59. The summed E-state index contributed by atoms with van der Waals surface area (Å²) in [6.45, 7) is 1.01. The van der Waals surface area contributed by atoms with E-state index in [1.165, 1.54) is 0 Å². The zero-order chi connectivity index (χ0) is 19.6. The van der Waals surface area contributed by atoms with E-state index in [1.54, 1.807) is 53.7 Å². The highest BCUT2D eigenvalue weighted by Crippen LogP contribution is 2.34. The molecule has 1 atom stereocenters.